The van der Waals surface area contributed by atoms with E-state index in [1.165, 1.54) is 12.8 Å². The van der Waals surface area contributed by atoms with Crippen molar-refractivity contribution in [3.63, 3.8) is 0 Å². The van der Waals surface area contributed by atoms with Gasteiger partial charge in [-0.05, 0) is 75.6 Å². The van der Waals surface area contributed by atoms with Gasteiger partial charge in [0.2, 0.25) is 0 Å². The van der Waals surface area contributed by atoms with Gasteiger partial charge in [-0.3, -0.25) is 9.78 Å². The van der Waals surface area contributed by atoms with Crippen LogP contribution in [0.3, 0.4) is 0 Å². The number of carbonyl (C=O) groups excluding carboxylic acids is 1. The van der Waals surface area contributed by atoms with E-state index in [2.05, 4.69) is 27.2 Å². The SMILES string of the molecule is CN1CCC(CCNC(=O)c2cccc(-c3ccc4nccc(N)c4c3)n2)CC1. The lowest BCUT2D eigenvalue weighted by Gasteiger charge is -2.28. The molecule has 0 aliphatic carbocycles. The highest BCUT2D eigenvalue weighted by atomic mass is 16.1. The Bertz CT molecular complexity index is 1010. The number of nitrogen functional groups attached to an aromatic ring is 1. The fourth-order valence-corrected chi connectivity index (χ4v) is 3.88. The number of nitrogens with one attached hydrogen (secondary N) is 1. The zero-order chi connectivity index (χ0) is 20.2. The molecule has 4 rings (SSSR count). The fraction of sp³-hybridized carbons (Fsp3) is 0.348. The summed E-state index contributed by atoms with van der Waals surface area (Å²) in [5.74, 6) is 0.573. The van der Waals surface area contributed by atoms with Gasteiger partial charge in [-0.2, -0.15) is 0 Å². The molecule has 150 valence electrons. The second-order valence-electron chi connectivity index (χ2n) is 7.83. The van der Waals surface area contributed by atoms with E-state index in [0.29, 0.717) is 23.8 Å². The number of piperidine rings is 1. The Labute approximate surface area is 171 Å². The summed E-state index contributed by atoms with van der Waals surface area (Å²) in [7, 11) is 2.16. The van der Waals surface area contributed by atoms with Crippen LogP contribution in [0.1, 0.15) is 29.8 Å². The largest absolute Gasteiger partial charge is 0.398 e. The molecule has 1 amide bonds. The number of hydrogen-bond acceptors (Lipinski definition) is 5. The summed E-state index contributed by atoms with van der Waals surface area (Å²) in [6.07, 6.45) is 5.14. The molecule has 1 saturated heterocycles. The number of nitrogens with zero attached hydrogens (tertiary/aromatic N) is 3. The van der Waals surface area contributed by atoms with Crippen LogP contribution in [0.4, 0.5) is 5.69 Å². The van der Waals surface area contributed by atoms with Gasteiger partial charge in [0.25, 0.3) is 5.91 Å². The van der Waals surface area contributed by atoms with Gasteiger partial charge in [-0.25, -0.2) is 4.98 Å². The van der Waals surface area contributed by atoms with E-state index >= 15 is 0 Å². The van der Waals surface area contributed by atoms with Crippen LogP contribution in [0, 0.1) is 5.92 Å². The number of nitrogens with two attached hydrogens (primary N) is 1. The number of rotatable bonds is 5. The minimum absolute atomic E-state index is 0.123. The van der Waals surface area contributed by atoms with Gasteiger partial charge in [0, 0.05) is 29.4 Å². The van der Waals surface area contributed by atoms with Crippen molar-refractivity contribution in [1.29, 1.82) is 0 Å². The third kappa shape index (κ3) is 4.54. The maximum atomic E-state index is 12.6. The van der Waals surface area contributed by atoms with Crippen molar-refractivity contribution in [1.82, 2.24) is 20.2 Å². The molecule has 6 heteroatoms. The van der Waals surface area contributed by atoms with Gasteiger partial charge < -0.3 is 16.0 Å². The molecule has 1 aliphatic rings. The molecular formula is C23H27N5O. The normalized spacial score (nSPS) is 15.5. The van der Waals surface area contributed by atoms with E-state index in [9.17, 15) is 4.79 Å². The minimum Gasteiger partial charge on any atom is -0.398 e. The van der Waals surface area contributed by atoms with Crippen LogP contribution in [0.2, 0.25) is 0 Å². The first-order valence-electron chi connectivity index (χ1n) is 10.2. The number of fused-ring (bicyclic) bond motifs is 1. The molecule has 2 aromatic heterocycles. The second-order valence-corrected chi connectivity index (χ2v) is 7.83. The first-order valence-corrected chi connectivity index (χ1v) is 10.2. The van der Waals surface area contributed by atoms with Crippen molar-refractivity contribution >= 4 is 22.5 Å². The molecule has 0 saturated carbocycles. The summed E-state index contributed by atoms with van der Waals surface area (Å²) in [6.45, 7) is 2.99. The minimum atomic E-state index is -0.123. The lowest BCUT2D eigenvalue weighted by molar-refractivity contribution is 0.0944. The van der Waals surface area contributed by atoms with Crippen molar-refractivity contribution in [2.45, 2.75) is 19.3 Å². The van der Waals surface area contributed by atoms with Crippen molar-refractivity contribution in [2.24, 2.45) is 5.92 Å². The number of likely N-dealkylation sites (tertiary alicyclic amines) is 1. The van der Waals surface area contributed by atoms with E-state index in [4.69, 9.17) is 5.73 Å². The van der Waals surface area contributed by atoms with E-state index in [-0.39, 0.29) is 5.91 Å². The van der Waals surface area contributed by atoms with Gasteiger partial charge in [-0.15, -0.1) is 0 Å². The molecule has 3 aromatic rings. The second kappa shape index (κ2) is 8.57. The standard InChI is InChI=1S/C23H27N5O/c1-28-13-9-16(10-14-28)7-11-26-23(29)22-4-2-3-20(27-22)17-5-6-21-18(15-17)19(24)8-12-25-21/h2-6,8,12,15-16H,7,9-11,13-14H2,1H3,(H2,24,25)(H,26,29). The summed E-state index contributed by atoms with van der Waals surface area (Å²) in [5, 5.41) is 3.92. The maximum Gasteiger partial charge on any atom is 0.269 e. The number of amides is 1. The lowest BCUT2D eigenvalue weighted by atomic mass is 9.94. The summed E-state index contributed by atoms with van der Waals surface area (Å²) < 4.78 is 0. The van der Waals surface area contributed by atoms with Crippen LogP contribution in [-0.2, 0) is 0 Å². The van der Waals surface area contributed by atoms with Gasteiger partial charge in [0.1, 0.15) is 5.69 Å². The molecule has 0 bridgehead atoms. The van der Waals surface area contributed by atoms with Crippen LogP contribution >= 0.6 is 0 Å². The maximum absolute atomic E-state index is 12.6. The first-order chi connectivity index (χ1) is 14.1. The summed E-state index contributed by atoms with van der Waals surface area (Å²) in [5.41, 5.74) is 9.70. The predicted molar refractivity (Wildman–Crippen MR) is 117 cm³/mol. The van der Waals surface area contributed by atoms with Crippen LogP contribution in [0.15, 0.2) is 48.7 Å². The number of anilines is 1. The number of aromatic nitrogens is 2. The van der Waals surface area contributed by atoms with Gasteiger partial charge in [-0.1, -0.05) is 12.1 Å². The van der Waals surface area contributed by atoms with E-state index < -0.39 is 0 Å². The van der Waals surface area contributed by atoms with Gasteiger partial charge in [0.05, 0.1) is 11.2 Å². The fourth-order valence-electron chi connectivity index (χ4n) is 3.88. The molecule has 3 heterocycles. The predicted octanol–water partition coefficient (Wildman–Crippen LogP) is 3.34. The Kier molecular flexibility index (Phi) is 5.71. The summed E-state index contributed by atoms with van der Waals surface area (Å²) in [6, 6.07) is 13.2. The average Bonchev–Trinajstić information content (AvgIpc) is 2.75. The third-order valence-corrected chi connectivity index (χ3v) is 5.73. The van der Waals surface area contributed by atoms with Gasteiger partial charge >= 0.3 is 0 Å². The van der Waals surface area contributed by atoms with Crippen molar-refractivity contribution in [3.8, 4) is 11.3 Å². The highest BCUT2D eigenvalue weighted by Crippen LogP contribution is 2.25. The molecule has 6 nitrogen and oxygen atoms in total. The molecular weight excluding hydrogens is 362 g/mol. The molecule has 0 atom stereocenters. The zero-order valence-corrected chi connectivity index (χ0v) is 16.8. The van der Waals surface area contributed by atoms with Crippen molar-refractivity contribution in [3.05, 3.63) is 54.4 Å². The Morgan fingerprint density at radius 3 is 2.86 bits per heavy atom. The molecule has 0 unspecified atom stereocenters. The van der Waals surface area contributed by atoms with Crippen molar-refractivity contribution in [2.75, 3.05) is 32.4 Å². The van der Waals surface area contributed by atoms with Crippen LogP contribution in [-0.4, -0.2) is 47.5 Å². The smallest absolute Gasteiger partial charge is 0.269 e. The average molecular weight is 390 g/mol. The molecule has 1 fully saturated rings. The Morgan fingerprint density at radius 1 is 1.21 bits per heavy atom. The third-order valence-electron chi connectivity index (χ3n) is 5.73. The summed E-state index contributed by atoms with van der Waals surface area (Å²) in [4.78, 5) is 23.8. The van der Waals surface area contributed by atoms with E-state index in [0.717, 1.165) is 41.7 Å². The molecule has 29 heavy (non-hydrogen) atoms. The topological polar surface area (TPSA) is 84.1 Å². The van der Waals surface area contributed by atoms with E-state index in [1.54, 1.807) is 18.3 Å². The number of benzene rings is 1. The quantitative estimate of drug-likeness (QED) is 0.699. The molecule has 3 N–H and O–H groups in total. The number of hydrogen-bond donors (Lipinski definition) is 2. The summed E-state index contributed by atoms with van der Waals surface area (Å²) >= 11 is 0. The molecule has 0 radical (unpaired) electrons. The van der Waals surface area contributed by atoms with Crippen LogP contribution < -0.4 is 11.1 Å². The Balaban J connectivity index is 1.43. The van der Waals surface area contributed by atoms with Gasteiger partial charge in [0.15, 0.2) is 0 Å². The Morgan fingerprint density at radius 2 is 2.03 bits per heavy atom. The Hall–Kier alpha value is -2.99. The van der Waals surface area contributed by atoms with Crippen LogP contribution in [0.5, 0.6) is 0 Å². The molecule has 0 spiro atoms. The number of pyridine rings is 2. The molecule has 1 aliphatic heterocycles. The highest BCUT2D eigenvalue weighted by Gasteiger charge is 2.17. The monoisotopic (exact) mass is 389 g/mol. The van der Waals surface area contributed by atoms with Crippen LogP contribution in [0.25, 0.3) is 22.2 Å². The first kappa shape index (κ1) is 19.3. The van der Waals surface area contributed by atoms with E-state index in [1.807, 2.05) is 30.3 Å². The number of carbonyl (C=O) groups is 1. The molecule has 1 aromatic carbocycles. The lowest BCUT2D eigenvalue weighted by Crippen LogP contribution is -2.32. The zero-order valence-electron chi connectivity index (χ0n) is 16.8. The van der Waals surface area contributed by atoms with Crippen molar-refractivity contribution < 1.29 is 4.79 Å². The highest BCUT2D eigenvalue weighted by molar-refractivity contribution is 5.94.